The van der Waals surface area contributed by atoms with Gasteiger partial charge in [-0.15, -0.1) is 0 Å². The Hall–Kier alpha value is -11.0. The van der Waals surface area contributed by atoms with Crippen molar-refractivity contribution in [2.24, 2.45) is 0 Å². The molecule has 0 saturated heterocycles. The van der Waals surface area contributed by atoms with Gasteiger partial charge in [-0.2, -0.15) is 0 Å². The summed E-state index contributed by atoms with van der Waals surface area (Å²) in [4.78, 5) is 15.9. The van der Waals surface area contributed by atoms with Crippen LogP contribution in [-0.4, -0.2) is 28.7 Å². The van der Waals surface area contributed by atoms with Crippen LogP contribution in [0.1, 0.15) is 5.56 Å². The van der Waals surface area contributed by atoms with Gasteiger partial charge in [0.05, 0.1) is 38.8 Å². The quantitative estimate of drug-likeness (QED) is 0.145. The molecular weight excluding hydrogens is 997 g/mol. The van der Waals surface area contributed by atoms with E-state index in [1.54, 1.807) is 0 Å². The molecule has 0 N–H and O–H groups in total. The molecule has 0 aliphatic heterocycles. The molecule has 4 aromatic heterocycles. The van der Waals surface area contributed by atoms with Gasteiger partial charge in [0, 0.05) is 71.5 Å². The number of nitrogens with zero attached hydrogens (tertiary/aromatic N) is 6. The molecule has 0 radical (unpaired) electrons. The van der Waals surface area contributed by atoms with Crippen LogP contribution in [0.15, 0.2) is 285 Å². The summed E-state index contributed by atoms with van der Waals surface area (Å²) in [6.45, 7) is 2.14. The lowest BCUT2D eigenvalue weighted by molar-refractivity contribution is 1.07. The molecule has 16 aromatic rings. The Kier molecular flexibility index (Phi) is 11.0. The number of para-hydroxylation sites is 5. The molecule has 0 bridgehead atoms. The topological polar surface area (TPSA) is 53.5 Å². The maximum atomic E-state index is 5.38. The van der Waals surface area contributed by atoms with Crippen LogP contribution < -0.4 is 0 Å². The first-order valence-electron chi connectivity index (χ1n) is 27.9. The molecule has 0 amide bonds. The van der Waals surface area contributed by atoms with Crippen LogP contribution in [0.4, 0.5) is 0 Å². The Morgan fingerprint density at radius 1 is 0.232 bits per heavy atom. The Balaban J connectivity index is 0.992. The largest absolute Gasteiger partial charge is 0.309 e. The van der Waals surface area contributed by atoms with Crippen molar-refractivity contribution in [2.45, 2.75) is 6.92 Å². The minimum absolute atomic E-state index is 0.579. The van der Waals surface area contributed by atoms with E-state index in [0.29, 0.717) is 17.5 Å². The third kappa shape index (κ3) is 7.76. The lowest BCUT2D eigenvalue weighted by atomic mass is 9.92. The third-order valence-corrected chi connectivity index (χ3v) is 16.4. The van der Waals surface area contributed by atoms with E-state index in [2.05, 4.69) is 269 Å². The maximum absolute atomic E-state index is 5.38. The van der Waals surface area contributed by atoms with Crippen molar-refractivity contribution in [1.29, 1.82) is 0 Å². The van der Waals surface area contributed by atoms with E-state index in [1.807, 2.05) is 36.4 Å². The number of fused-ring (bicyclic) bond motifs is 9. The number of aryl methyl sites for hydroxylation is 1. The van der Waals surface area contributed by atoms with Crippen molar-refractivity contribution in [3.8, 4) is 84.6 Å². The fourth-order valence-electron chi connectivity index (χ4n) is 12.5. The van der Waals surface area contributed by atoms with Crippen molar-refractivity contribution in [2.75, 3.05) is 0 Å². The number of hydrogen-bond acceptors (Lipinski definition) is 3. The molecule has 4 heterocycles. The minimum Gasteiger partial charge on any atom is -0.309 e. The van der Waals surface area contributed by atoms with Gasteiger partial charge in [-0.05, 0) is 108 Å². The number of rotatable bonds is 9. The molecule has 0 unspecified atom stereocenters. The standard InChI is InChI=1S/C76H50N6/c1-49-32-34-50(35-33-49)55-40-45-72-66(46-55)63-26-12-17-31-71(63)82(72)73-64(51-36-41-57(42-37-51)80-67-27-13-8-22-59(67)60-23-9-14-28-68(60)80)47-56(76-78-74(53-18-4-2-5-19-53)77-75(79-76)54-20-6-3-7-21-54)48-65(73)52-38-43-58(44-39-52)81-69-29-15-10-24-61(69)62-25-11-16-30-70(62)81/h2-48H,1H3. The third-order valence-electron chi connectivity index (χ3n) is 16.4. The van der Waals surface area contributed by atoms with Crippen LogP contribution in [-0.2, 0) is 0 Å². The van der Waals surface area contributed by atoms with Gasteiger partial charge in [-0.25, -0.2) is 15.0 Å². The summed E-state index contributed by atoms with van der Waals surface area (Å²) in [7, 11) is 0. The first kappa shape index (κ1) is 47.1. The molecule has 16 rings (SSSR count). The van der Waals surface area contributed by atoms with E-state index in [9.17, 15) is 0 Å². The normalized spacial score (nSPS) is 11.7. The molecule has 0 aliphatic carbocycles. The maximum Gasteiger partial charge on any atom is 0.164 e. The minimum atomic E-state index is 0.579. The van der Waals surface area contributed by atoms with E-state index in [4.69, 9.17) is 15.0 Å². The SMILES string of the molecule is Cc1ccc(-c2ccc3c(c2)c2ccccc2n3-c2c(-c3ccc(-n4c5ccccc5c5ccccc54)cc3)cc(-c3nc(-c4ccccc4)nc(-c4ccccc4)n3)cc2-c2ccc(-n3c4ccccc4c4ccccc43)cc2)cc1. The molecule has 6 heteroatoms. The molecular formula is C76H50N6. The molecule has 0 fully saturated rings. The van der Waals surface area contributed by atoms with Crippen LogP contribution in [0.25, 0.3) is 150 Å². The second kappa shape index (κ2) is 19.2. The second-order valence-corrected chi connectivity index (χ2v) is 21.2. The fourth-order valence-corrected chi connectivity index (χ4v) is 12.5. The van der Waals surface area contributed by atoms with E-state index in [-0.39, 0.29) is 0 Å². The zero-order chi connectivity index (χ0) is 54.3. The van der Waals surface area contributed by atoms with Gasteiger partial charge in [0.15, 0.2) is 17.5 Å². The van der Waals surface area contributed by atoms with Crippen LogP contribution in [0.3, 0.4) is 0 Å². The Labute approximate surface area is 473 Å². The number of hydrogen-bond donors (Lipinski definition) is 0. The van der Waals surface area contributed by atoms with Gasteiger partial charge in [-0.3, -0.25) is 0 Å². The summed E-state index contributed by atoms with van der Waals surface area (Å²) in [5.74, 6) is 1.79. The highest BCUT2D eigenvalue weighted by molar-refractivity contribution is 6.13. The average Bonchev–Trinajstić information content (AvgIpc) is 4.30. The summed E-state index contributed by atoms with van der Waals surface area (Å²) >= 11 is 0. The Bertz CT molecular complexity index is 4790. The van der Waals surface area contributed by atoms with E-state index >= 15 is 0 Å². The van der Waals surface area contributed by atoms with E-state index < -0.39 is 0 Å². The first-order valence-corrected chi connectivity index (χ1v) is 27.9. The van der Waals surface area contributed by atoms with Crippen molar-refractivity contribution in [3.05, 3.63) is 291 Å². The fraction of sp³-hybridized carbons (Fsp3) is 0.0132. The van der Waals surface area contributed by atoms with Crippen LogP contribution in [0.5, 0.6) is 0 Å². The molecule has 6 nitrogen and oxygen atoms in total. The zero-order valence-electron chi connectivity index (χ0n) is 44.8. The molecule has 384 valence electrons. The molecule has 12 aromatic carbocycles. The smallest absolute Gasteiger partial charge is 0.164 e. The monoisotopic (exact) mass is 1050 g/mol. The predicted molar refractivity (Wildman–Crippen MR) is 340 cm³/mol. The Morgan fingerprint density at radius 3 is 0.988 bits per heavy atom. The highest BCUT2D eigenvalue weighted by Crippen LogP contribution is 2.46. The number of benzene rings is 12. The average molecular weight is 1050 g/mol. The van der Waals surface area contributed by atoms with Crippen LogP contribution in [0.2, 0.25) is 0 Å². The highest BCUT2D eigenvalue weighted by atomic mass is 15.0. The number of aromatic nitrogens is 6. The van der Waals surface area contributed by atoms with Crippen molar-refractivity contribution in [3.63, 3.8) is 0 Å². The second-order valence-electron chi connectivity index (χ2n) is 21.2. The van der Waals surface area contributed by atoms with Gasteiger partial charge >= 0.3 is 0 Å². The highest BCUT2D eigenvalue weighted by Gasteiger charge is 2.25. The Morgan fingerprint density at radius 2 is 0.561 bits per heavy atom. The van der Waals surface area contributed by atoms with Gasteiger partial charge in [0.1, 0.15) is 0 Å². The predicted octanol–water partition coefficient (Wildman–Crippen LogP) is 19.5. The van der Waals surface area contributed by atoms with E-state index in [1.165, 1.54) is 71.1 Å². The molecule has 0 atom stereocenters. The summed E-state index contributed by atoms with van der Waals surface area (Å²) in [5, 5.41) is 7.26. The van der Waals surface area contributed by atoms with Crippen molar-refractivity contribution >= 4 is 65.4 Å². The lowest BCUT2D eigenvalue weighted by Gasteiger charge is -2.22. The first-order chi connectivity index (χ1) is 40.6. The van der Waals surface area contributed by atoms with Crippen LogP contribution >= 0.6 is 0 Å². The molecule has 82 heavy (non-hydrogen) atoms. The van der Waals surface area contributed by atoms with Gasteiger partial charge in [-0.1, -0.05) is 212 Å². The molecule has 0 spiro atoms. The summed E-state index contributed by atoms with van der Waals surface area (Å²) < 4.78 is 7.27. The lowest BCUT2D eigenvalue weighted by Crippen LogP contribution is -2.04. The summed E-state index contributed by atoms with van der Waals surface area (Å²) in [6, 6.07) is 103. The summed E-state index contributed by atoms with van der Waals surface area (Å²) in [5.41, 5.74) is 20.5. The van der Waals surface area contributed by atoms with Crippen molar-refractivity contribution < 1.29 is 0 Å². The molecule has 0 saturated carbocycles. The van der Waals surface area contributed by atoms with Gasteiger partial charge in [0.2, 0.25) is 0 Å². The zero-order valence-corrected chi connectivity index (χ0v) is 44.8. The van der Waals surface area contributed by atoms with Gasteiger partial charge in [0.25, 0.3) is 0 Å². The molecule has 0 aliphatic rings. The van der Waals surface area contributed by atoms with E-state index in [0.717, 1.165) is 67.0 Å². The summed E-state index contributed by atoms with van der Waals surface area (Å²) in [6.07, 6.45) is 0. The van der Waals surface area contributed by atoms with Crippen LogP contribution in [0, 0.1) is 6.92 Å². The van der Waals surface area contributed by atoms with Crippen molar-refractivity contribution in [1.82, 2.24) is 28.7 Å². The van der Waals surface area contributed by atoms with Gasteiger partial charge < -0.3 is 13.7 Å².